The zero-order chi connectivity index (χ0) is 17.2. The lowest BCUT2D eigenvalue weighted by Crippen LogP contribution is -2.50. The number of hydrogen-bond acceptors (Lipinski definition) is 4. The molecule has 1 amide bonds. The Balaban J connectivity index is 1.76. The number of carbonyl (C=O) groups is 1. The fourth-order valence-corrected chi connectivity index (χ4v) is 5.43. The summed E-state index contributed by atoms with van der Waals surface area (Å²) in [4.78, 5) is 14.2. The van der Waals surface area contributed by atoms with Gasteiger partial charge in [-0.15, -0.1) is 0 Å². The first-order chi connectivity index (χ1) is 11.5. The third-order valence-electron chi connectivity index (χ3n) is 4.93. The average molecular weight is 354 g/mol. The molecule has 1 heterocycles. The monoisotopic (exact) mass is 354 g/mol. The Kier molecular flexibility index (Phi) is 5.20. The van der Waals surface area contributed by atoms with Crippen LogP contribution in [-0.4, -0.2) is 49.9 Å². The number of sulfone groups is 1. The van der Waals surface area contributed by atoms with Gasteiger partial charge in [-0.05, 0) is 30.5 Å². The SMILES string of the molecule is O=C(CS(=O)(=O)C1CCCC1)N1CCNCC1c1cccc(F)c1. The third kappa shape index (κ3) is 3.78. The summed E-state index contributed by atoms with van der Waals surface area (Å²) in [7, 11) is -3.41. The zero-order valence-electron chi connectivity index (χ0n) is 13.6. The van der Waals surface area contributed by atoms with Gasteiger partial charge in [-0.2, -0.15) is 0 Å². The first-order valence-electron chi connectivity index (χ1n) is 8.44. The van der Waals surface area contributed by atoms with Crippen LogP contribution in [0.1, 0.15) is 37.3 Å². The molecule has 3 rings (SSSR count). The van der Waals surface area contributed by atoms with E-state index >= 15 is 0 Å². The molecule has 2 aliphatic rings. The molecule has 1 aliphatic heterocycles. The molecule has 1 saturated carbocycles. The van der Waals surface area contributed by atoms with Gasteiger partial charge in [0.1, 0.15) is 11.6 Å². The van der Waals surface area contributed by atoms with E-state index in [1.165, 1.54) is 12.1 Å². The van der Waals surface area contributed by atoms with Crippen molar-refractivity contribution in [1.82, 2.24) is 10.2 Å². The second kappa shape index (κ2) is 7.19. The van der Waals surface area contributed by atoms with Gasteiger partial charge in [-0.25, -0.2) is 12.8 Å². The average Bonchev–Trinajstić information content (AvgIpc) is 3.10. The lowest BCUT2D eigenvalue weighted by Gasteiger charge is -2.36. The van der Waals surface area contributed by atoms with E-state index in [1.54, 1.807) is 17.0 Å². The van der Waals surface area contributed by atoms with Crippen LogP contribution in [0.25, 0.3) is 0 Å². The van der Waals surface area contributed by atoms with E-state index in [9.17, 15) is 17.6 Å². The van der Waals surface area contributed by atoms with Crippen LogP contribution in [-0.2, 0) is 14.6 Å². The number of amides is 1. The first-order valence-corrected chi connectivity index (χ1v) is 10.2. The van der Waals surface area contributed by atoms with E-state index < -0.39 is 15.6 Å². The van der Waals surface area contributed by atoms with E-state index in [-0.39, 0.29) is 23.0 Å². The molecule has 24 heavy (non-hydrogen) atoms. The molecule has 1 aromatic carbocycles. The molecule has 2 fully saturated rings. The summed E-state index contributed by atoms with van der Waals surface area (Å²) in [6.07, 6.45) is 3.14. The number of carbonyl (C=O) groups excluding carboxylic acids is 1. The maximum Gasteiger partial charge on any atom is 0.238 e. The van der Waals surface area contributed by atoms with Crippen molar-refractivity contribution in [3.05, 3.63) is 35.6 Å². The zero-order valence-corrected chi connectivity index (χ0v) is 14.4. The number of hydrogen-bond donors (Lipinski definition) is 1. The minimum absolute atomic E-state index is 0.333. The molecule has 5 nitrogen and oxygen atoms in total. The van der Waals surface area contributed by atoms with Crippen LogP contribution >= 0.6 is 0 Å². The molecular weight excluding hydrogens is 331 g/mol. The number of rotatable bonds is 4. The van der Waals surface area contributed by atoms with Crippen LogP contribution < -0.4 is 5.32 Å². The summed E-state index contributed by atoms with van der Waals surface area (Å²) in [5.41, 5.74) is 0.689. The van der Waals surface area contributed by atoms with Crippen molar-refractivity contribution in [3.63, 3.8) is 0 Å². The van der Waals surface area contributed by atoms with Gasteiger partial charge in [-0.1, -0.05) is 25.0 Å². The molecule has 1 unspecified atom stereocenters. The molecule has 0 radical (unpaired) electrons. The van der Waals surface area contributed by atoms with Crippen molar-refractivity contribution in [2.24, 2.45) is 0 Å². The van der Waals surface area contributed by atoms with Gasteiger partial charge < -0.3 is 10.2 Å². The highest BCUT2D eigenvalue weighted by atomic mass is 32.2. The summed E-state index contributed by atoms with van der Waals surface area (Å²) in [5.74, 6) is -1.18. The van der Waals surface area contributed by atoms with Gasteiger partial charge in [0, 0.05) is 19.6 Å². The maximum absolute atomic E-state index is 13.5. The van der Waals surface area contributed by atoms with E-state index in [1.807, 2.05) is 0 Å². The van der Waals surface area contributed by atoms with E-state index in [0.717, 1.165) is 12.8 Å². The Bertz CT molecular complexity index is 702. The first kappa shape index (κ1) is 17.4. The van der Waals surface area contributed by atoms with Gasteiger partial charge >= 0.3 is 0 Å². The fourth-order valence-electron chi connectivity index (χ4n) is 3.63. The molecule has 7 heteroatoms. The third-order valence-corrected chi connectivity index (χ3v) is 7.07. The van der Waals surface area contributed by atoms with Crippen molar-refractivity contribution >= 4 is 15.7 Å². The molecule has 0 aromatic heterocycles. The predicted octanol–water partition coefficient (Wildman–Crippen LogP) is 1.66. The predicted molar refractivity (Wildman–Crippen MR) is 89.8 cm³/mol. The fraction of sp³-hybridized carbons (Fsp3) is 0.588. The number of halogens is 1. The minimum atomic E-state index is -3.41. The van der Waals surface area contributed by atoms with Crippen molar-refractivity contribution < 1.29 is 17.6 Å². The van der Waals surface area contributed by atoms with E-state index in [2.05, 4.69) is 5.32 Å². The number of nitrogens with zero attached hydrogens (tertiary/aromatic N) is 1. The lowest BCUT2D eigenvalue weighted by atomic mass is 10.0. The van der Waals surface area contributed by atoms with Crippen LogP contribution in [0.5, 0.6) is 0 Å². The largest absolute Gasteiger partial charge is 0.332 e. The Morgan fingerprint density at radius 2 is 2.04 bits per heavy atom. The molecule has 1 atom stereocenters. The summed E-state index contributed by atoms with van der Waals surface area (Å²) in [6, 6.07) is 5.81. The summed E-state index contributed by atoms with van der Waals surface area (Å²) in [6.45, 7) is 1.54. The molecule has 0 bridgehead atoms. The lowest BCUT2D eigenvalue weighted by molar-refractivity contribution is -0.131. The highest BCUT2D eigenvalue weighted by Gasteiger charge is 2.35. The molecule has 1 aromatic rings. The standard InChI is InChI=1S/C17H23FN2O3S/c18-14-5-3-4-13(10-14)16-11-19-8-9-20(16)17(21)12-24(22,23)15-6-1-2-7-15/h3-5,10,15-16,19H,1-2,6-9,11-12H2. The molecule has 1 saturated heterocycles. The molecule has 1 aliphatic carbocycles. The van der Waals surface area contributed by atoms with Crippen molar-refractivity contribution in [2.45, 2.75) is 37.0 Å². The Morgan fingerprint density at radius 1 is 1.29 bits per heavy atom. The van der Waals surface area contributed by atoms with Crippen molar-refractivity contribution in [1.29, 1.82) is 0 Å². The highest BCUT2D eigenvalue weighted by molar-refractivity contribution is 7.92. The van der Waals surface area contributed by atoms with E-state index in [4.69, 9.17) is 0 Å². The Hall–Kier alpha value is -1.47. The molecule has 0 spiro atoms. The normalized spacial score (nSPS) is 22.7. The van der Waals surface area contributed by atoms with Gasteiger partial charge in [-0.3, -0.25) is 4.79 Å². The Morgan fingerprint density at radius 3 is 2.75 bits per heavy atom. The molecular formula is C17H23FN2O3S. The van der Waals surface area contributed by atoms with Gasteiger partial charge in [0.15, 0.2) is 9.84 Å². The van der Waals surface area contributed by atoms with Gasteiger partial charge in [0.05, 0.1) is 11.3 Å². The van der Waals surface area contributed by atoms with Gasteiger partial charge in [0.25, 0.3) is 0 Å². The van der Waals surface area contributed by atoms with Gasteiger partial charge in [0.2, 0.25) is 5.91 Å². The molecule has 1 N–H and O–H groups in total. The number of benzene rings is 1. The second-order valence-corrected chi connectivity index (χ2v) is 8.86. The maximum atomic E-state index is 13.5. The Labute approximate surface area is 142 Å². The highest BCUT2D eigenvalue weighted by Crippen LogP contribution is 2.27. The van der Waals surface area contributed by atoms with Crippen LogP contribution in [0.15, 0.2) is 24.3 Å². The topological polar surface area (TPSA) is 66.5 Å². The van der Waals surface area contributed by atoms with Crippen LogP contribution in [0.4, 0.5) is 4.39 Å². The van der Waals surface area contributed by atoms with Crippen LogP contribution in [0, 0.1) is 5.82 Å². The van der Waals surface area contributed by atoms with Crippen LogP contribution in [0.3, 0.4) is 0 Å². The van der Waals surface area contributed by atoms with Crippen molar-refractivity contribution in [2.75, 3.05) is 25.4 Å². The van der Waals surface area contributed by atoms with Crippen molar-refractivity contribution in [3.8, 4) is 0 Å². The summed E-state index contributed by atoms with van der Waals surface area (Å²) < 4.78 is 38.4. The minimum Gasteiger partial charge on any atom is -0.332 e. The molecule has 132 valence electrons. The summed E-state index contributed by atoms with van der Waals surface area (Å²) in [5, 5.41) is 2.81. The second-order valence-electron chi connectivity index (χ2n) is 6.58. The van der Waals surface area contributed by atoms with E-state index in [0.29, 0.717) is 38.0 Å². The van der Waals surface area contributed by atoms with Crippen LogP contribution in [0.2, 0.25) is 0 Å². The summed E-state index contributed by atoms with van der Waals surface area (Å²) >= 11 is 0. The quantitative estimate of drug-likeness (QED) is 0.893. The number of piperazine rings is 1. The smallest absolute Gasteiger partial charge is 0.238 e. The number of nitrogens with one attached hydrogen (secondary N) is 1.